The Bertz CT molecular complexity index is 1440. The smallest absolute Gasteiger partial charge is 0.335 e. The molecular formula is C32H36N4O5S. The highest BCUT2D eigenvalue weighted by atomic mass is 32.2. The number of benzene rings is 3. The summed E-state index contributed by atoms with van der Waals surface area (Å²) in [5, 5.41) is 20.0. The second-order valence-electron chi connectivity index (χ2n) is 11.1. The average molecular weight is 589 g/mol. The van der Waals surface area contributed by atoms with Gasteiger partial charge in [0.2, 0.25) is 5.91 Å². The number of amides is 1. The summed E-state index contributed by atoms with van der Waals surface area (Å²) in [4.78, 5) is 35.3. The molecule has 10 heteroatoms. The van der Waals surface area contributed by atoms with Gasteiger partial charge in [0.25, 0.3) is 0 Å². The van der Waals surface area contributed by atoms with Crippen LogP contribution in [-0.4, -0.2) is 82.9 Å². The number of para-hydroxylation sites is 1. The normalized spacial score (nSPS) is 19.9. The maximum absolute atomic E-state index is 14.1. The molecule has 2 fully saturated rings. The number of methoxy groups -OCH3 is 1. The van der Waals surface area contributed by atoms with Crippen molar-refractivity contribution >= 4 is 35.0 Å². The molecule has 220 valence electrons. The van der Waals surface area contributed by atoms with Crippen molar-refractivity contribution < 1.29 is 24.5 Å². The fourth-order valence-electron chi connectivity index (χ4n) is 6.43. The van der Waals surface area contributed by atoms with Crippen molar-refractivity contribution in [1.82, 2.24) is 9.80 Å². The predicted octanol–water partition coefficient (Wildman–Crippen LogP) is 4.31. The van der Waals surface area contributed by atoms with Crippen LogP contribution < -0.4 is 14.5 Å². The molecule has 0 bridgehead atoms. The fraction of sp³-hybridized carbons (Fsp3) is 0.375. The third kappa shape index (κ3) is 5.42. The van der Waals surface area contributed by atoms with Gasteiger partial charge in [0.1, 0.15) is 11.3 Å². The Morgan fingerprint density at radius 3 is 2.52 bits per heavy atom. The van der Waals surface area contributed by atoms with Gasteiger partial charge in [-0.2, -0.15) is 0 Å². The Morgan fingerprint density at radius 1 is 1.02 bits per heavy atom. The van der Waals surface area contributed by atoms with Crippen LogP contribution in [0.3, 0.4) is 0 Å². The number of fused-ring (bicyclic) bond motifs is 1. The Kier molecular flexibility index (Phi) is 8.02. The van der Waals surface area contributed by atoms with E-state index in [-0.39, 0.29) is 11.5 Å². The maximum Gasteiger partial charge on any atom is 0.335 e. The van der Waals surface area contributed by atoms with Crippen molar-refractivity contribution in [3.63, 3.8) is 0 Å². The van der Waals surface area contributed by atoms with Crippen LogP contribution in [0.2, 0.25) is 0 Å². The fourth-order valence-corrected chi connectivity index (χ4v) is 7.47. The molecule has 6 rings (SSSR count). The first-order chi connectivity index (χ1) is 20.4. The molecule has 3 aliphatic rings. The number of rotatable bonds is 9. The SMILES string of the molecule is COc1ccc(N2CN(Cc3cccc(C(=O)O)c3)C(=O)C23CCN(CCCN2c4ccccc4SC2O)CC3)cc1. The van der Waals surface area contributed by atoms with E-state index in [4.69, 9.17) is 4.74 Å². The van der Waals surface area contributed by atoms with Crippen molar-refractivity contribution in [1.29, 1.82) is 0 Å². The van der Waals surface area contributed by atoms with Gasteiger partial charge in [-0.05, 0) is 79.9 Å². The van der Waals surface area contributed by atoms with Crippen LogP contribution in [0.5, 0.6) is 5.75 Å². The molecular weight excluding hydrogens is 552 g/mol. The number of thioether (sulfide) groups is 1. The second kappa shape index (κ2) is 11.9. The zero-order valence-corrected chi connectivity index (χ0v) is 24.5. The van der Waals surface area contributed by atoms with Crippen LogP contribution in [0.25, 0.3) is 0 Å². The molecule has 0 saturated carbocycles. The van der Waals surface area contributed by atoms with E-state index >= 15 is 0 Å². The van der Waals surface area contributed by atoms with Crippen molar-refractivity contribution in [3.8, 4) is 5.75 Å². The monoisotopic (exact) mass is 588 g/mol. The van der Waals surface area contributed by atoms with Gasteiger partial charge in [0.15, 0.2) is 5.56 Å². The van der Waals surface area contributed by atoms with Crippen LogP contribution in [0.1, 0.15) is 35.2 Å². The largest absolute Gasteiger partial charge is 0.497 e. The number of carbonyl (C=O) groups is 2. The lowest BCUT2D eigenvalue weighted by molar-refractivity contribution is -0.134. The number of hydrogen-bond donors (Lipinski definition) is 2. The molecule has 0 radical (unpaired) electrons. The van der Waals surface area contributed by atoms with E-state index in [2.05, 4.69) is 20.8 Å². The summed E-state index contributed by atoms with van der Waals surface area (Å²) < 4.78 is 5.36. The predicted molar refractivity (Wildman–Crippen MR) is 163 cm³/mol. The zero-order valence-electron chi connectivity index (χ0n) is 23.7. The summed E-state index contributed by atoms with van der Waals surface area (Å²) in [5.41, 5.74) is 1.88. The molecule has 2 saturated heterocycles. The topological polar surface area (TPSA) is 96.8 Å². The van der Waals surface area contributed by atoms with Crippen LogP contribution >= 0.6 is 11.8 Å². The third-order valence-electron chi connectivity index (χ3n) is 8.68. The van der Waals surface area contributed by atoms with Gasteiger partial charge < -0.3 is 34.5 Å². The number of likely N-dealkylation sites (tertiary alicyclic amines) is 1. The minimum absolute atomic E-state index is 0.0903. The summed E-state index contributed by atoms with van der Waals surface area (Å²) in [5.74, 6) is -0.123. The molecule has 9 nitrogen and oxygen atoms in total. The number of aliphatic hydroxyl groups excluding tert-OH is 1. The van der Waals surface area contributed by atoms with Crippen molar-refractivity contribution in [2.24, 2.45) is 0 Å². The third-order valence-corrected chi connectivity index (χ3v) is 9.74. The lowest BCUT2D eigenvalue weighted by Crippen LogP contribution is -2.56. The number of aromatic carboxylic acids is 1. The summed E-state index contributed by atoms with van der Waals surface area (Å²) >= 11 is 1.48. The second-order valence-corrected chi connectivity index (χ2v) is 12.2. The number of carbonyl (C=O) groups excluding carboxylic acids is 1. The summed E-state index contributed by atoms with van der Waals surface area (Å²) in [6.45, 7) is 4.06. The van der Waals surface area contributed by atoms with Gasteiger partial charge in [-0.25, -0.2) is 4.79 Å². The minimum Gasteiger partial charge on any atom is -0.497 e. The molecule has 0 aliphatic carbocycles. The Morgan fingerprint density at radius 2 is 1.79 bits per heavy atom. The average Bonchev–Trinajstić information content (AvgIpc) is 3.47. The highest BCUT2D eigenvalue weighted by Crippen LogP contribution is 2.43. The van der Waals surface area contributed by atoms with Gasteiger partial charge in [0, 0.05) is 36.8 Å². The maximum atomic E-state index is 14.1. The molecule has 1 amide bonds. The molecule has 42 heavy (non-hydrogen) atoms. The number of carboxylic acid groups (broad SMARTS) is 1. The molecule has 2 N–H and O–H groups in total. The summed E-state index contributed by atoms with van der Waals surface area (Å²) in [7, 11) is 1.64. The molecule has 3 aromatic rings. The number of ether oxygens (including phenoxy) is 1. The summed E-state index contributed by atoms with van der Waals surface area (Å²) in [6.07, 6.45) is 2.32. The van der Waals surface area contributed by atoms with Crippen LogP contribution in [0.15, 0.2) is 77.7 Å². The lowest BCUT2D eigenvalue weighted by atomic mass is 9.85. The van der Waals surface area contributed by atoms with Gasteiger partial charge in [-0.1, -0.05) is 36.0 Å². The first kappa shape index (κ1) is 28.4. The first-order valence-corrected chi connectivity index (χ1v) is 15.2. The summed E-state index contributed by atoms with van der Waals surface area (Å²) in [6, 6.07) is 22.8. The number of anilines is 2. The lowest BCUT2D eigenvalue weighted by Gasteiger charge is -2.43. The number of carboxylic acids is 1. The number of aliphatic hydroxyl groups is 1. The highest BCUT2D eigenvalue weighted by molar-refractivity contribution is 8.00. The molecule has 3 aliphatic heterocycles. The van der Waals surface area contributed by atoms with Crippen molar-refractivity contribution in [2.75, 3.05) is 49.8 Å². The molecule has 3 aromatic carbocycles. The molecule has 0 aromatic heterocycles. The number of nitrogens with zero attached hydrogens (tertiary/aromatic N) is 4. The van der Waals surface area contributed by atoms with E-state index in [0.29, 0.717) is 26.1 Å². The first-order valence-electron chi connectivity index (χ1n) is 14.3. The van der Waals surface area contributed by atoms with Gasteiger partial charge in [0.05, 0.1) is 25.0 Å². The standard InChI is InChI=1S/C32H36N4O5S/c1-41-26-12-10-25(11-13-26)36-22-34(21-23-6-4-7-24(20-23)29(37)38)30(39)32(36)14-18-33(19-15-32)16-5-17-35-27-8-2-3-9-28(27)42-31(35)40/h2-4,6-13,20,31,40H,5,14-19,21-22H2,1H3,(H,37,38). The van der Waals surface area contributed by atoms with Gasteiger partial charge >= 0.3 is 5.97 Å². The Balaban J connectivity index is 1.15. The van der Waals surface area contributed by atoms with E-state index in [0.717, 1.165) is 60.2 Å². The van der Waals surface area contributed by atoms with E-state index in [9.17, 15) is 19.8 Å². The number of piperidine rings is 1. The zero-order chi connectivity index (χ0) is 29.3. The quantitative estimate of drug-likeness (QED) is 0.379. The molecule has 1 spiro atoms. The van der Waals surface area contributed by atoms with E-state index in [1.807, 2.05) is 53.4 Å². The molecule has 1 atom stereocenters. The van der Waals surface area contributed by atoms with Crippen LogP contribution in [0.4, 0.5) is 11.4 Å². The van der Waals surface area contributed by atoms with Crippen LogP contribution in [0, 0.1) is 0 Å². The van der Waals surface area contributed by atoms with E-state index < -0.39 is 17.1 Å². The van der Waals surface area contributed by atoms with Gasteiger partial charge in [-0.15, -0.1) is 0 Å². The van der Waals surface area contributed by atoms with Crippen molar-refractivity contribution in [3.05, 3.63) is 83.9 Å². The van der Waals surface area contributed by atoms with Gasteiger partial charge in [-0.3, -0.25) is 4.79 Å². The molecule has 1 unspecified atom stereocenters. The molecule has 3 heterocycles. The van der Waals surface area contributed by atoms with E-state index in [1.165, 1.54) is 11.8 Å². The number of hydrogen-bond acceptors (Lipinski definition) is 8. The minimum atomic E-state index is -0.976. The Labute approximate surface area is 250 Å². The van der Waals surface area contributed by atoms with Crippen LogP contribution in [-0.2, 0) is 11.3 Å². The van der Waals surface area contributed by atoms with E-state index in [1.54, 1.807) is 25.3 Å². The Hall–Kier alpha value is -3.73. The van der Waals surface area contributed by atoms with Crippen molar-refractivity contribution in [2.45, 2.75) is 41.8 Å². The highest BCUT2D eigenvalue weighted by Gasteiger charge is 2.53.